The molecule has 0 radical (unpaired) electrons. The van der Waals surface area contributed by atoms with Crippen molar-refractivity contribution in [1.29, 1.82) is 0 Å². The van der Waals surface area contributed by atoms with E-state index in [4.69, 9.17) is 21.7 Å². The van der Waals surface area contributed by atoms with Crippen LogP contribution >= 0.6 is 28.1 Å². The number of anilines is 1. The van der Waals surface area contributed by atoms with Crippen molar-refractivity contribution in [3.05, 3.63) is 58.1 Å². The van der Waals surface area contributed by atoms with E-state index >= 15 is 0 Å². The first kappa shape index (κ1) is 20.2. The largest absolute Gasteiger partial charge is 0.469 e. The van der Waals surface area contributed by atoms with Gasteiger partial charge in [0.2, 0.25) is 5.72 Å². The number of hydrogen-bond donors (Lipinski definition) is 1. The number of methoxy groups -OCH3 is 1. The summed E-state index contributed by atoms with van der Waals surface area (Å²) >= 11 is 9.24. The van der Waals surface area contributed by atoms with Gasteiger partial charge in [0.15, 0.2) is 5.11 Å². The van der Waals surface area contributed by atoms with Gasteiger partial charge in [-0.25, -0.2) is 0 Å². The Morgan fingerprint density at radius 2 is 1.97 bits per heavy atom. The summed E-state index contributed by atoms with van der Waals surface area (Å²) in [5.74, 6) is 0.196. The van der Waals surface area contributed by atoms with E-state index in [1.54, 1.807) is 0 Å². The van der Waals surface area contributed by atoms with Crippen molar-refractivity contribution in [2.75, 3.05) is 12.0 Å². The van der Waals surface area contributed by atoms with E-state index in [0.29, 0.717) is 11.0 Å². The van der Waals surface area contributed by atoms with E-state index in [1.807, 2.05) is 42.2 Å². The van der Waals surface area contributed by atoms with Gasteiger partial charge in [0, 0.05) is 15.7 Å². The van der Waals surface area contributed by atoms with Gasteiger partial charge in [-0.3, -0.25) is 9.69 Å². The second-order valence-corrected chi connectivity index (χ2v) is 9.15. The SMILES string of the molecule is COC(=O)[C@@H]1[C@H]2NC(=S)N(c3ccc(C(C)C)cc3)[C@@]1(C)Oc1ccc(Br)cc12. The number of nitrogens with one attached hydrogen (secondary N) is 1. The summed E-state index contributed by atoms with van der Waals surface area (Å²) < 4.78 is 12.5. The van der Waals surface area contributed by atoms with Crippen molar-refractivity contribution in [1.82, 2.24) is 5.32 Å². The van der Waals surface area contributed by atoms with Gasteiger partial charge in [0.05, 0.1) is 13.2 Å². The molecule has 0 amide bonds. The fraction of sp³-hybridized carbons (Fsp3) is 0.364. The molecule has 2 bridgehead atoms. The number of carbonyl (C=O) groups is 1. The number of rotatable bonds is 3. The summed E-state index contributed by atoms with van der Waals surface area (Å²) in [6.45, 7) is 6.21. The molecule has 1 N–H and O–H groups in total. The Hall–Kier alpha value is -2.12. The average molecular weight is 475 g/mol. The minimum Gasteiger partial charge on any atom is -0.469 e. The molecule has 2 aromatic rings. The third kappa shape index (κ3) is 3.20. The minimum absolute atomic E-state index is 0.340. The van der Waals surface area contributed by atoms with Gasteiger partial charge >= 0.3 is 5.97 Å². The molecule has 0 aliphatic carbocycles. The molecule has 1 fully saturated rings. The predicted molar refractivity (Wildman–Crippen MR) is 120 cm³/mol. The first-order valence-electron chi connectivity index (χ1n) is 9.53. The van der Waals surface area contributed by atoms with Crippen LogP contribution in [0, 0.1) is 5.92 Å². The van der Waals surface area contributed by atoms with Gasteiger partial charge in [0.25, 0.3) is 0 Å². The van der Waals surface area contributed by atoms with Gasteiger partial charge in [0.1, 0.15) is 11.7 Å². The van der Waals surface area contributed by atoms with Crippen LogP contribution in [0.4, 0.5) is 5.69 Å². The van der Waals surface area contributed by atoms with Gasteiger partial charge < -0.3 is 14.8 Å². The highest BCUT2D eigenvalue weighted by Crippen LogP contribution is 2.50. The lowest BCUT2D eigenvalue weighted by molar-refractivity contribution is -0.157. The third-order valence-corrected chi connectivity index (χ3v) is 6.53. The van der Waals surface area contributed by atoms with Gasteiger partial charge in [-0.1, -0.05) is 41.9 Å². The molecule has 3 atom stereocenters. The molecule has 29 heavy (non-hydrogen) atoms. The Labute approximate surface area is 184 Å². The monoisotopic (exact) mass is 474 g/mol. The first-order chi connectivity index (χ1) is 13.8. The lowest BCUT2D eigenvalue weighted by Gasteiger charge is -2.55. The molecule has 4 rings (SSSR count). The number of halogens is 1. The van der Waals surface area contributed by atoms with Crippen molar-refractivity contribution in [3.63, 3.8) is 0 Å². The highest BCUT2D eigenvalue weighted by molar-refractivity contribution is 9.10. The molecular weight excluding hydrogens is 452 g/mol. The Bertz CT molecular complexity index is 979. The second-order valence-electron chi connectivity index (χ2n) is 7.85. The fourth-order valence-corrected chi connectivity index (χ4v) is 5.03. The molecule has 5 nitrogen and oxygen atoms in total. The molecule has 0 spiro atoms. The van der Waals surface area contributed by atoms with E-state index in [-0.39, 0.29) is 12.0 Å². The molecular formula is C22H23BrN2O3S. The van der Waals surface area contributed by atoms with Gasteiger partial charge in [-0.2, -0.15) is 0 Å². The number of ether oxygens (including phenoxy) is 2. The fourth-order valence-electron chi connectivity index (χ4n) is 4.24. The molecule has 0 unspecified atom stereocenters. The van der Waals surface area contributed by atoms with Crippen LogP contribution in [0.2, 0.25) is 0 Å². The zero-order valence-corrected chi connectivity index (χ0v) is 19.1. The van der Waals surface area contributed by atoms with Crippen LogP contribution in [0.5, 0.6) is 5.75 Å². The zero-order valence-electron chi connectivity index (χ0n) is 16.7. The number of nitrogens with zero attached hydrogens (tertiary/aromatic N) is 1. The topological polar surface area (TPSA) is 50.8 Å². The van der Waals surface area contributed by atoms with Gasteiger partial charge in [-0.15, -0.1) is 0 Å². The maximum Gasteiger partial charge on any atom is 0.317 e. The van der Waals surface area contributed by atoms with Crippen LogP contribution < -0.4 is 15.0 Å². The predicted octanol–water partition coefficient (Wildman–Crippen LogP) is 4.91. The van der Waals surface area contributed by atoms with E-state index < -0.39 is 11.6 Å². The molecule has 0 aromatic heterocycles. The lowest BCUT2D eigenvalue weighted by Crippen LogP contribution is -2.71. The summed E-state index contributed by atoms with van der Waals surface area (Å²) in [6, 6.07) is 13.7. The van der Waals surface area contributed by atoms with E-state index in [9.17, 15) is 4.79 Å². The summed E-state index contributed by atoms with van der Waals surface area (Å²) in [7, 11) is 1.40. The van der Waals surface area contributed by atoms with Crippen LogP contribution in [0.3, 0.4) is 0 Å². The van der Waals surface area contributed by atoms with Gasteiger partial charge in [-0.05, 0) is 61.0 Å². The number of carbonyl (C=O) groups excluding carboxylic acids is 1. The summed E-state index contributed by atoms with van der Waals surface area (Å²) in [5.41, 5.74) is 1.95. The second kappa shape index (κ2) is 7.29. The van der Waals surface area contributed by atoms with Crippen LogP contribution in [0.25, 0.3) is 0 Å². The smallest absolute Gasteiger partial charge is 0.317 e. The average Bonchev–Trinajstić information content (AvgIpc) is 2.68. The molecule has 152 valence electrons. The van der Waals surface area contributed by atoms with Crippen LogP contribution in [-0.4, -0.2) is 23.9 Å². The third-order valence-electron chi connectivity index (χ3n) is 5.73. The number of esters is 1. The molecule has 7 heteroatoms. The molecule has 2 aliphatic heterocycles. The maximum absolute atomic E-state index is 12.9. The maximum atomic E-state index is 12.9. The molecule has 2 aromatic carbocycles. The summed E-state index contributed by atoms with van der Waals surface area (Å²) in [6.07, 6.45) is 0. The number of fused-ring (bicyclic) bond motifs is 4. The van der Waals surface area contributed by atoms with Crippen LogP contribution in [0.15, 0.2) is 46.9 Å². The van der Waals surface area contributed by atoms with Crippen molar-refractivity contribution in [2.45, 2.75) is 38.5 Å². The quantitative estimate of drug-likeness (QED) is 0.503. The number of benzene rings is 2. The Kier molecular flexibility index (Phi) is 5.07. The Balaban J connectivity index is 1.86. The van der Waals surface area contributed by atoms with Crippen molar-refractivity contribution in [3.8, 4) is 5.75 Å². The van der Waals surface area contributed by atoms with Crippen molar-refractivity contribution < 1.29 is 14.3 Å². The highest BCUT2D eigenvalue weighted by Gasteiger charge is 2.59. The number of thiocarbonyl (C=S) groups is 1. The van der Waals surface area contributed by atoms with Crippen molar-refractivity contribution >= 4 is 44.9 Å². The molecule has 0 saturated carbocycles. The molecule has 2 heterocycles. The van der Waals surface area contributed by atoms with Crippen molar-refractivity contribution in [2.24, 2.45) is 5.92 Å². The van der Waals surface area contributed by atoms with Crippen LogP contribution in [0.1, 0.15) is 43.9 Å². The zero-order chi connectivity index (χ0) is 20.9. The Morgan fingerprint density at radius 3 is 2.59 bits per heavy atom. The Morgan fingerprint density at radius 1 is 1.28 bits per heavy atom. The highest BCUT2D eigenvalue weighted by atomic mass is 79.9. The molecule has 1 saturated heterocycles. The van der Waals surface area contributed by atoms with Crippen LogP contribution in [-0.2, 0) is 9.53 Å². The standard InChI is InChI=1S/C22H23BrN2O3S/c1-12(2)13-5-8-15(9-6-13)25-21(29)24-19-16-11-14(23)7-10-17(16)28-22(25,3)18(19)20(26)27-4/h5-12,18-19H,1-4H3,(H,24,29)/t18-,19-,22-/m0/s1. The first-order valence-corrected chi connectivity index (χ1v) is 10.7. The molecule has 2 aliphatic rings. The van der Waals surface area contributed by atoms with E-state index in [2.05, 4.69) is 47.2 Å². The summed E-state index contributed by atoms with van der Waals surface area (Å²) in [4.78, 5) is 14.8. The minimum atomic E-state index is -1.03. The number of hydrogen-bond acceptors (Lipinski definition) is 4. The van der Waals surface area contributed by atoms with E-state index in [1.165, 1.54) is 12.7 Å². The van der Waals surface area contributed by atoms with E-state index in [0.717, 1.165) is 21.5 Å². The lowest BCUT2D eigenvalue weighted by atomic mass is 9.79. The normalized spacial score (nSPS) is 25.2. The summed E-state index contributed by atoms with van der Waals surface area (Å²) in [5, 5.41) is 3.88.